The summed E-state index contributed by atoms with van der Waals surface area (Å²) in [6, 6.07) is 20.2. The average molecular weight is 478 g/mol. The van der Waals surface area contributed by atoms with E-state index >= 15 is 0 Å². The molecule has 0 saturated heterocycles. The number of carbonyl (C=O) groups excluding carboxylic acids is 2. The first kappa shape index (κ1) is 26.2. The molecule has 0 aliphatic carbocycles. The zero-order valence-electron chi connectivity index (χ0n) is 21.4. The van der Waals surface area contributed by atoms with Crippen LogP contribution in [0.4, 0.5) is 4.39 Å². The third-order valence-electron chi connectivity index (χ3n) is 5.94. The summed E-state index contributed by atoms with van der Waals surface area (Å²) in [5.74, 6) is -0.407. The molecule has 0 unspecified atom stereocenters. The van der Waals surface area contributed by atoms with E-state index in [2.05, 4.69) is 4.57 Å². The van der Waals surface area contributed by atoms with Crippen molar-refractivity contribution in [1.29, 1.82) is 0 Å². The minimum atomic E-state index is -0.571. The van der Waals surface area contributed by atoms with Crippen LogP contribution >= 0.6 is 0 Å². The van der Waals surface area contributed by atoms with E-state index in [9.17, 15) is 14.0 Å². The molecule has 0 atom stereocenters. The molecule has 3 rings (SSSR count). The van der Waals surface area contributed by atoms with Crippen molar-refractivity contribution in [1.82, 2.24) is 14.4 Å². The van der Waals surface area contributed by atoms with Crippen LogP contribution in [0.25, 0.3) is 0 Å². The number of hydrogen-bond donors (Lipinski definition) is 0. The number of carbonyl (C=O) groups is 2. The van der Waals surface area contributed by atoms with Gasteiger partial charge in [-0.15, -0.1) is 0 Å². The number of nitrogens with zero attached hydrogens (tertiary/aromatic N) is 3. The predicted octanol–water partition coefficient (Wildman–Crippen LogP) is 5.49. The van der Waals surface area contributed by atoms with Gasteiger partial charge in [0.15, 0.2) is 0 Å². The molecule has 1 heterocycles. The van der Waals surface area contributed by atoms with Crippen LogP contribution in [0.5, 0.6) is 0 Å². The third kappa shape index (κ3) is 7.28. The summed E-state index contributed by atoms with van der Waals surface area (Å²) in [4.78, 5) is 30.1. The van der Waals surface area contributed by atoms with Gasteiger partial charge in [0.2, 0.25) is 11.8 Å². The number of amides is 2. The highest BCUT2D eigenvalue weighted by atomic mass is 19.1. The van der Waals surface area contributed by atoms with Crippen LogP contribution in [-0.2, 0) is 29.2 Å². The summed E-state index contributed by atoms with van der Waals surface area (Å²) in [6.07, 6.45) is 1.97. The molecule has 0 radical (unpaired) electrons. The summed E-state index contributed by atoms with van der Waals surface area (Å²) in [5.41, 5.74) is 2.40. The molecule has 6 heteroatoms. The van der Waals surface area contributed by atoms with Gasteiger partial charge in [0.25, 0.3) is 0 Å². The van der Waals surface area contributed by atoms with Crippen molar-refractivity contribution in [3.63, 3.8) is 0 Å². The normalized spacial score (nSPS) is 11.5. The van der Waals surface area contributed by atoms with Crippen molar-refractivity contribution in [2.75, 3.05) is 6.54 Å². The number of rotatable bonds is 9. The lowest BCUT2D eigenvalue weighted by molar-refractivity contribution is -0.147. The second-order valence-electron chi connectivity index (χ2n) is 10.3. The smallest absolute Gasteiger partial charge is 0.242 e. The molecule has 0 aliphatic rings. The summed E-state index contributed by atoms with van der Waals surface area (Å²) >= 11 is 0. The molecule has 0 bridgehead atoms. The van der Waals surface area contributed by atoms with Crippen LogP contribution < -0.4 is 0 Å². The van der Waals surface area contributed by atoms with Crippen molar-refractivity contribution in [3.05, 3.63) is 95.6 Å². The molecule has 3 aromatic rings. The molecule has 0 N–H and O–H groups in total. The largest absolute Gasteiger partial charge is 0.345 e. The van der Waals surface area contributed by atoms with Gasteiger partial charge in [-0.25, -0.2) is 4.39 Å². The van der Waals surface area contributed by atoms with Crippen LogP contribution in [-0.4, -0.2) is 38.8 Å². The maximum absolute atomic E-state index is 13.6. The molecule has 2 amide bonds. The Labute approximate surface area is 208 Å². The topological polar surface area (TPSA) is 45.6 Å². The van der Waals surface area contributed by atoms with Gasteiger partial charge in [-0.3, -0.25) is 9.59 Å². The molecule has 0 saturated carbocycles. The molecule has 0 spiro atoms. The summed E-state index contributed by atoms with van der Waals surface area (Å²) in [7, 11) is 0. The predicted molar refractivity (Wildman–Crippen MR) is 137 cm³/mol. The molecule has 2 aromatic carbocycles. The highest BCUT2D eigenvalue weighted by molar-refractivity contribution is 5.87. The Morgan fingerprint density at radius 2 is 1.54 bits per heavy atom. The highest BCUT2D eigenvalue weighted by Gasteiger charge is 2.31. The molecule has 1 aromatic heterocycles. The molecule has 35 heavy (non-hydrogen) atoms. The van der Waals surface area contributed by atoms with E-state index < -0.39 is 5.41 Å². The van der Waals surface area contributed by atoms with Gasteiger partial charge in [0.05, 0.1) is 6.54 Å². The second kappa shape index (κ2) is 11.3. The monoisotopic (exact) mass is 477 g/mol. The van der Waals surface area contributed by atoms with Crippen LogP contribution in [0.15, 0.2) is 72.9 Å². The maximum atomic E-state index is 13.6. The first-order valence-electron chi connectivity index (χ1n) is 12.1. The minimum Gasteiger partial charge on any atom is -0.345 e. The van der Waals surface area contributed by atoms with Crippen LogP contribution in [0.1, 0.15) is 51.4 Å². The standard InChI is InChI=1S/C29H36FN3O2/c1-22(2)33(28(35)29(3,4)5)21-27(34)32(19-23-10-7-6-8-11-23)20-26-12-9-17-31(26)18-24-13-15-25(30)16-14-24/h6-17,22H,18-21H2,1-5H3. The minimum absolute atomic E-state index is 0.0271. The number of benzene rings is 2. The molecule has 0 aliphatic heterocycles. The van der Waals surface area contributed by atoms with Gasteiger partial charge in [-0.2, -0.15) is 0 Å². The van der Waals surface area contributed by atoms with Crippen molar-refractivity contribution in [3.8, 4) is 0 Å². The fourth-order valence-corrected chi connectivity index (χ4v) is 3.93. The SMILES string of the molecule is CC(C)N(CC(=O)N(Cc1ccccc1)Cc1cccn1Cc1ccc(F)cc1)C(=O)C(C)(C)C. The summed E-state index contributed by atoms with van der Waals surface area (Å²) < 4.78 is 15.4. The zero-order chi connectivity index (χ0) is 25.6. The van der Waals surface area contributed by atoms with Gasteiger partial charge >= 0.3 is 0 Å². The van der Waals surface area contributed by atoms with Gasteiger partial charge in [0, 0.05) is 36.4 Å². The Balaban J connectivity index is 1.84. The van der Waals surface area contributed by atoms with Crippen LogP contribution in [0, 0.1) is 11.2 Å². The molecule has 5 nitrogen and oxygen atoms in total. The lowest BCUT2D eigenvalue weighted by atomic mass is 9.94. The molecular weight excluding hydrogens is 441 g/mol. The van der Waals surface area contributed by atoms with Gasteiger partial charge in [-0.05, 0) is 49.2 Å². The Morgan fingerprint density at radius 3 is 2.14 bits per heavy atom. The van der Waals surface area contributed by atoms with Gasteiger partial charge < -0.3 is 14.4 Å². The number of aromatic nitrogens is 1. The summed E-state index contributed by atoms with van der Waals surface area (Å²) in [6.45, 7) is 10.9. The summed E-state index contributed by atoms with van der Waals surface area (Å²) in [5, 5.41) is 0. The first-order valence-corrected chi connectivity index (χ1v) is 12.1. The Bertz CT molecular complexity index is 1110. The Hall–Kier alpha value is -3.41. The number of hydrogen-bond acceptors (Lipinski definition) is 2. The first-order chi connectivity index (χ1) is 16.5. The van der Waals surface area contributed by atoms with E-state index in [1.165, 1.54) is 12.1 Å². The van der Waals surface area contributed by atoms with E-state index in [4.69, 9.17) is 0 Å². The highest BCUT2D eigenvalue weighted by Crippen LogP contribution is 2.20. The Kier molecular flexibility index (Phi) is 8.49. The van der Waals surface area contributed by atoms with E-state index in [1.54, 1.807) is 21.9 Å². The molecule has 186 valence electrons. The van der Waals surface area contributed by atoms with E-state index in [1.807, 2.05) is 83.3 Å². The van der Waals surface area contributed by atoms with Crippen molar-refractivity contribution >= 4 is 11.8 Å². The lowest BCUT2D eigenvalue weighted by Crippen LogP contribution is -2.49. The second-order valence-corrected chi connectivity index (χ2v) is 10.3. The average Bonchev–Trinajstić information content (AvgIpc) is 3.24. The third-order valence-corrected chi connectivity index (χ3v) is 5.94. The van der Waals surface area contributed by atoms with Crippen molar-refractivity contribution in [2.45, 2.75) is 60.3 Å². The molecule has 0 fully saturated rings. The Morgan fingerprint density at radius 1 is 0.886 bits per heavy atom. The van der Waals surface area contributed by atoms with Crippen molar-refractivity contribution < 1.29 is 14.0 Å². The van der Waals surface area contributed by atoms with E-state index in [0.29, 0.717) is 19.6 Å². The van der Waals surface area contributed by atoms with Gasteiger partial charge in [-0.1, -0.05) is 63.2 Å². The molecular formula is C29H36FN3O2. The maximum Gasteiger partial charge on any atom is 0.242 e. The zero-order valence-corrected chi connectivity index (χ0v) is 21.4. The van der Waals surface area contributed by atoms with Gasteiger partial charge in [0.1, 0.15) is 12.4 Å². The fraction of sp³-hybridized carbons (Fsp3) is 0.379. The quantitative estimate of drug-likeness (QED) is 0.409. The van der Waals surface area contributed by atoms with E-state index in [-0.39, 0.29) is 30.2 Å². The van der Waals surface area contributed by atoms with Crippen molar-refractivity contribution in [2.24, 2.45) is 5.41 Å². The van der Waals surface area contributed by atoms with Crippen LogP contribution in [0.3, 0.4) is 0 Å². The number of halogens is 1. The fourth-order valence-electron chi connectivity index (χ4n) is 3.93. The van der Waals surface area contributed by atoms with E-state index in [0.717, 1.165) is 16.8 Å². The van der Waals surface area contributed by atoms with Crippen LogP contribution in [0.2, 0.25) is 0 Å². The lowest BCUT2D eigenvalue weighted by Gasteiger charge is -2.34.